The molecule has 0 aliphatic carbocycles. The van der Waals surface area contributed by atoms with Gasteiger partial charge in [-0.15, -0.1) is 0 Å². The van der Waals surface area contributed by atoms with E-state index < -0.39 is 12.7 Å². The van der Waals surface area contributed by atoms with Crippen molar-refractivity contribution in [2.75, 3.05) is 13.1 Å². The highest BCUT2D eigenvalue weighted by atomic mass is 19.4. The largest absolute Gasteiger partial charge is 0.490 e. The van der Waals surface area contributed by atoms with Crippen molar-refractivity contribution in [1.29, 1.82) is 0 Å². The summed E-state index contributed by atoms with van der Waals surface area (Å²) in [6.45, 7) is 1.95. The van der Waals surface area contributed by atoms with Crippen molar-refractivity contribution in [3.8, 4) is 5.75 Å². The first-order chi connectivity index (χ1) is 14.2. The molecule has 0 spiro atoms. The Balaban J connectivity index is 1.41. The number of hydrogen-bond acceptors (Lipinski definition) is 3. The lowest BCUT2D eigenvalue weighted by molar-refractivity contribution is -0.139. The van der Waals surface area contributed by atoms with Crippen LogP contribution < -0.4 is 4.74 Å². The van der Waals surface area contributed by atoms with Crippen molar-refractivity contribution in [2.24, 2.45) is 7.05 Å². The van der Waals surface area contributed by atoms with Gasteiger partial charge >= 0.3 is 6.18 Å². The molecule has 160 valence electrons. The molecule has 2 aromatic heterocycles. The minimum absolute atomic E-state index is 0.0940. The van der Waals surface area contributed by atoms with Crippen LogP contribution in [0.1, 0.15) is 29.0 Å². The van der Waals surface area contributed by atoms with E-state index in [0.29, 0.717) is 48.3 Å². The summed E-state index contributed by atoms with van der Waals surface area (Å²) >= 11 is 0. The third-order valence-electron chi connectivity index (χ3n) is 5.48. The van der Waals surface area contributed by atoms with Crippen LogP contribution in [-0.4, -0.2) is 50.5 Å². The van der Waals surface area contributed by atoms with Crippen molar-refractivity contribution < 1.29 is 22.7 Å². The summed E-state index contributed by atoms with van der Waals surface area (Å²) in [6.07, 6.45) is -1.65. The molecule has 1 amide bonds. The van der Waals surface area contributed by atoms with Gasteiger partial charge in [0.15, 0.2) is 5.69 Å². The van der Waals surface area contributed by atoms with Crippen LogP contribution in [-0.2, 0) is 13.6 Å². The average Bonchev–Trinajstić information content (AvgIpc) is 3.24. The number of amides is 1. The number of rotatable bonds is 4. The molecule has 0 N–H and O–H groups in total. The summed E-state index contributed by atoms with van der Waals surface area (Å²) in [6, 6.07) is 8.56. The van der Waals surface area contributed by atoms with Gasteiger partial charge in [0.2, 0.25) is 0 Å². The molecule has 6 nitrogen and oxygen atoms in total. The second-order valence-electron chi connectivity index (χ2n) is 7.65. The lowest BCUT2D eigenvalue weighted by Crippen LogP contribution is -2.42. The molecular weight excluding hydrogens is 397 g/mol. The second kappa shape index (κ2) is 7.70. The number of carbonyl (C=O) groups is 1. The molecule has 0 radical (unpaired) electrons. The van der Waals surface area contributed by atoms with Crippen LogP contribution in [0.5, 0.6) is 5.75 Å². The highest BCUT2D eigenvalue weighted by Crippen LogP contribution is 2.31. The molecule has 3 heterocycles. The normalized spacial score (nSPS) is 15.7. The molecule has 1 aliphatic rings. The number of benzene rings is 1. The summed E-state index contributed by atoms with van der Waals surface area (Å²) in [5.41, 5.74) is 1.84. The number of alkyl halides is 3. The van der Waals surface area contributed by atoms with E-state index in [2.05, 4.69) is 5.10 Å². The van der Waals surface area contributed by atoms with E-state index in [-0.39, 0.29) is 12.0 Å². The Morgan fingerprint density at radius 1 is 1.23 bits per heavy atom. The zero-order chi connectivity index (χ0) is 21.5. The minimum Gasteiger partial charge on any atom is -0.490 e. The predicted octanol–water partition coefficient (Wildman–Crippen LogP) is 3.93. The van der Waals surface area contributed by atoms with Gasteiger partial charge in [0.1, 0.15) is 18.4 Å². The molecule has 0 atom stereocenters. The summed E-state index contributed by atoms with van der Waals surface area (Å²) < 4.78 is 47.3. The van der Waals surface area contributed by atoms with Gasteiger partial charge in [-0.3, -0.25) is 9.48 Å². The highest BCUT2D eigenvalue weighted by molar-refractivity contribution is 5.92. The smallest absolute Gasteiger partial charge is 0.406 e. The van der Waals surface area contributed by atoms with E-state index in [1.165, 1.54) is 10.8 Å². The second-order valence-corrected chi connectivity index (χ2v) is 7.65. The van der Waals surface area contributed by atoms with Crippen LogP contribution in [0.25, 0.3) is 10.9 Å². The lowest BCUT2D eigenvalue weighted by atomic mass is 10.1. The van der Waals surface area contributed by atoms with Gasteiger partial charge in [-0.1, -0.05) is 6.07 Å². The molecule has 0 saturated carbocycles. The number of piperidine rings is 1. The maximum absolute atomic E-state index is 12.8. The molecule has 0 unspecified atom stereocenters. The van der Waals surface area contributed by atoms with Gasteiger partial charge < -0.3 is 14.2 Å². The Morgan fingerprint density at radius 2 is 1.97 bits per heavy atom. The Kier molecular flexibility index (Phi) is 5.21. The molecule has 1 fully saturated rings. The van der Waals surface area contributed by atoms with E-state index in [1.54, 1.807) is 47.0 Å². The summed E-state index contributed by atoms with van der Waals surface area (Å²) in [5.74, 6) is 0.474. The third kappa shape index (κ3) is 4.15. The monoisotopic (exact) mass is 420 g/mol. The Bertz CT molecular complexity index is 1040. The number of aromatic nitrogens is 3. The van der Waals surface area contributed by atoms with Crippen LogP contribution in [0.4, 0.5) is 13.2 Å². The quantitative estimate of drug-likeness (QED) is 0.643. The van der Waals surface area contributed by atoms with Crippen LogP contribution in [0.15, 0.2) is 36.5 Å². The molecule has 9 heteroatoms. The summed E-state index contributed by atoms with van der Waals surface area (Å²) in [4.78, 5) is 14.4. The Hall–Kier alpha value is -2.97. The molecule has 0 bridgehead atoms. The summed E-state index contributed by atoms with van der Waals surface area (Å²) in [7, 11) is 1.80. The fraction of sp³-hybridized carbons (Fsp3) is 0.429. The molecule has 30 heavy (non-hydrogen) atoms. The maximum atomic E-state index is 12.8. The van der Waals surface area contributed by atoms with E-state index >= 15 is 0 Å². The van der Waals surface area contributed by atoms with E-state index in [0.717, 1.165) is 5.69 Å². The first kappa shape index (κ1) is 20.3. The number of ether oxygens (including phenoxy) is 1. The number of likely N-dealkylation sites (tertiary alicyclic amines) is 1. The van der Waals surface area contributed by atoms with Gasteiger partial charge in [0, 0.05) is 50.3 Å². The lowest BCUT2D eigenvalue weighted by Gasteiger charge is -2.32. The molecule has 3 aromatic rings. The molecule has 1 aliphatic heterocycles. The van der Waals surface area contributed by atoms with E-state index in [4.69, 9.17) is 4.74 Å². The number of halogens is 3. The van der Waals surface area contributed by atoms with E-state index in [1.807, 2.05) is 6.92 Å². The third-order valence-corrected chi connectivity index (χ3v) is 5.48. The number of carbonyl (C=O) groups excluding carboxylic acids is 1. The van der Waals surface area contributed by atoms with Crippen molar-refractivity contribution in [1.82, 2.24) is 19.2 Å². The fourth-order valence-corrected chi connectivity index (χ4v) is 3.81. The topological polar surface area (TPSA) is 52.3 Å². The zero-order valence-corrected chi connectivity index (χ0v) is 16.8. The number of hydrogen-bond donors (Lipinski definition) is 0. The zero-order valence-electron chi connectivity index (χ0n) is 16.8. The molecule has 1 aromatic carbocycles. The highest BCUT2D eigenvalue weighted by Gasteiger charge is 2.29. The van der Waals surface area contributed by atoms with Crippen LogP contribution >= 0.6 is 0 Å². The SMILES string of the molecule is Cc1cc(C(=O)N2CCC(Oc3cccc4c3ccn4CC(F)(F)F)CC2)nn1C. The van der Waals surface area contributed by atoms with E-state index in [9.17, 15) is 18.0 Å². The van der Waals surface area contributed by atoms with Gasteiger partial charge in [0.25, 0.3) is 5.91 Å². The predicted molar refractivity (Wildman–Crippen MR) is 105 cm³/mol. The van der Waals surface area contributed by atoms with Crippen LogP contribution in [0, 0.1) is 6.92 Å². The standard InChI is InChI=1S/C21H23F3N4O2/c1-14-12-17(25-26(14)2)20(29)27-9-6-15(7-10-27)30-19-5-3-4-18-16(19)8-11-28(18)13-21(22,23)24/h3-5,8,11-12,15H,6-7,9-10,13H2,1-2H3. The van der Waals surface area contributed by atoms with Crippen molar-refractivity contribution >= 4 is 16.8 Å². The number of aryl methyl sites for hydroxylation is 2. The van der Waals surface area contributed by atoms with Gasteiger partial charge in [0.05, 0.1) is 5.52 Å². The fourth-order valence-electron chi connectivity index (χ4n) is 3.81. The maximum Gasteiger partial charge on any atom is 0.406 e. The molecule has 1 saturated heterocycles. The molecular formula is C21H23F3N4O2. The van der Waals surface area contributed by atoms with Crippen molar-refractivity contribution in [3.63, 3.8) is 0 Å². The van der Waals surface area contributed by atoms with Gasteiger partial charge in [-0.25, -0.2) is 0 Å². The summed E-state index contributed by atoms with van der Waals surface area (Å²) in [5, 5.41) is 4.90. The van der Waals surface area contributed by atoms with Crippen LogP contribution in [0.2, 0.25) is 0 Å². The van der Waals surface area contributed by atoms with Crippen LogP contribution in [0.3, 0.4) is 0 Å². The first-order valence-corrected chi connectivity index (χ1v) is 9.82. The van der Waals surface area contributed by atoms with Crippen molar-refractivity contribution in [3.05, 3.63) is 47.9 Å². The van der Waals surface area contributed by atoms with Crippen molar-refractivity contribution in [2.45, 2.75) is 38.6 Å². The first-order valence-electron chi connectivity index (χ1n) is 9.82. The number of nitrogens with zero attached hydrogens (tertiary/aromatic N) is 4. The Labute approximate surface area is 171 Å². The van der Waals surface area contributed by atoms with Gasteiger partial charge in [-0.05, 0) is 31.2 Å². The average molecular weight is 420 g/mol. The minimum atomic E-state index is -4.28. The Morgan fingerprint density at radius 3 is 2.60 bits per heavy atom. The number of fused-ring (bicyclic) bond motifs is 1. The van der Waals surface area contributed by atoms with Gasteiger partial charge in [-0.2, -0.15) is 18.3 Å². The molecule has 4 rings (SSSR count).